The van der Waals surface area contributed by atoms with Gasteiger partial charge in [0.1, 0.15) is 5.69 Å². The first-order valence-electron chi connectivity index (χ1n) is 7.41. The van der Waals surface area contributed by atoms with Crippen LogP contribution in [0.5, 0.6) is 0 Å². The van der Waals surface area contributed by atoms with E-state index >= 15 is 0 Å². The van der Waals surface area contributed by atoms with Crippen molar-refractivity contribution in [2.24, 2.45) is 0 Å². The SMILES string of the molecule is CCCc1ccc(NC(=O)c2ccc(NC)c([N+](=O)[O-])c2)cc1. The van der Waals surface area contributed by atoms with Gasteiger partial charge in [-0.2, -0.15) is 0 Å². The van der Waals surface area contributed by atoms with Crippen molar-refractivity contribution >= 4 is 23.0 Å². The molecule has 0 aliphatic carbocycles. The number of amides is 1. The molecule has 2 aromatic rings. The Balaban J connectivity index is 2.17. The van der Waals surface area contributed by atoms with E-state index in [1.165, 1.54) is 17.7 Å². The lowest BCUT2D eigenvalue weighted by atomic mass is 10.1. The molecule has 6 nitrogen and oxygen atoms in total. The molecule has 0 radical (unpaired) electrons. The number of anilines is 2. The summed E-state index contributed by atoms with van der Waals surface area (Å²) in [7, 11) is 1.60. The van der Waals surface area contributed by atoms with Crippen molar-refractivity contribution < 1.29 is 9.72 Å². The molecule has 0 aliphatic heterocycles. The molecule has 0 heterocycles. The van der Waals surface area contributed by atoms with Gasteiger partial charge in [-0.25, -0.2) is 0 Å². The second-order valence-corrected chi connectivity index (χ2v) is 5.14. The molecule has 23 heavy (non-hydrogen) atoms. The van der Waals surface area contributed by atoms with Gasteiger partial charge in [-0.1, -0.05) is 25.5 Å². The molecule has 0 aromatic heterocycles. The lowest BCUT2D eigenvalue weighted by molar-refractivity contribution is -0.384. The Morgan fingerprint density at radius 1 is 1.17 bits per heavy atom. The van der Waals surface area contributed by atoms with Crippen LogP contribution in [0.15, 0.2) is 42.5 Å². The van der Waals surface area contributed by atoms with Crippen LogP contribution >= 0.6 is 0 Å². The summed E-state index contributed by atoms with van der Waals surface area (Å²) in [5.74, 6) is -0.376. The largest absolute Gasteiger partial charge is 0.383 e. The fraction of sp³-hybridized carbons (Fsp3) is 0.235. The van der Waals surface area contributed by atoms with E-state index in [4.69, 9.17) is 0 Å². The number of aryl methyl sites for hydroxylation is 1. The first-order chi connectivity index (χ1) is 11.0. The van der Waals surface area contributed by atoms with Crippen molar-refractivity contribution in [1.29, 1.82) is 0 Å². The summed E-state index contributed by atoms with van der Waals surface area (Å²) in [4.78, 5) is 22.8. The molecule has 0 bridgehead atoms. The minimum atomic E-state index is -0.512. The number of nitro groups is 1. The third-order valence-corrected chi connectivity index (χ3v) is 3.48. The number of rotatable bonds is 6. The average Bonchev–Trinajstić information content (AvgIpc) is 2.56. The molecule has 120 valence electrons. The zero-order chi connectivity index (χ0) is 16.8. The Morgan fingerprint density at radius 2 is 1.87 bits per heavy atom. The maximum absolute atomic E-state index is 12.2. The fourth-order valence-electron chi connectivity index (χ4n) is 2.28. The number of carbonyl (C=O) groups excluding carboxylic acids is 1. The van der Waals surface area contributed by atoms with Crippen LogP contribution in [0.2, 0.25) is 0 Å². The van der Waals surface area contributed by atoms with E-state index < -0.39 is 4.92 Å². The van der Waals surface area contributed by atoms with Crippen LogP contribution in [0, 0.1) is 10.1 Å². The van der Waals surface area contributed by atoms with E-state index in [-0.39, 0.29) is 17.2 Å². The number of carbonyl (C=O) groups is 1. The first-order valence-corrected chi connectivity index (χ1v) is 7.41. The zero-order valence-electron chi connectivity index (χ0n) is 13.1. The van der Waals surface area contributed by atoms with Gasteiger partial charge in [0.25, 0.3) is 11.6 Å². The van der Waals surface area contributed by atoms with Crippen molar-refractivity contribution in [3.63, 3.8) is 0 Å². The van der Waals surface area contributed by atoms with Crippen LogP contribution in [-0.2, 0) is 6.42 Å². The Kier molecular flexibility index (Phi) is 5.30. The number of hydrogen-bond donors (Lipinski definition) is 2. The molecule has 1 amide bonds. The van der Waals surface area contributed by atoms with Gasteiger partial charge in [0.15, 0.2) is 0 Å². The van der Waals surface area contributed by atoms with E-state index in [2.05, 4.69) is 17.6 Å². The van der Waals surface area contributed by atoms with Crippen LogP contribution in [0.1, 0.15) is 29.3 Å². The Hall–Kier alpha value is -2.89. The smallest absolute Gasteiger partial charge is 0.293 e. The minimum Gasteiger partial charge on any atom is -0.383 e. The number of nitrogens with one attached hydrogen (secondary N) is 2. The second kappa shape index (κ2) is 7.40. The van der Waals surface area contributed by atoms with Gasteiger partial charge >= 0.3 is 0 Å². The van der Waals surface area contributed by atoms with Crippen LogP contribution in [-0.4, -0.2) is 17.9 Å². The lowest BCUT2D eigenvalue weighted by Gasteiger charge is -2.08. The number of hydrogen-bond acceptors (Lipinski definition) is 4. The van der Waals surface area contributed by atoms with Crippen molar-refractivity contribution in [3.05, 3.63) is 63.7 Å². The van der Waals surface area contributed by atoms with Gasteiger partial charge < -0.3 is 10.6 Å². The summed E-state index contributed by atoms with van der Waals surface area (Å²) in [5.41, 5.74) is 2.36. The third kappa shape index (κ3) is 4.06. The normalized spacial score (nSPS) is 10.2. The van der Waals surface area contributed by atoms with Crippen molar-refractivity contribution in [3.8, 4) is 0 Å². The average molecular weight is 313 g/mol. The molecule has 0 unspecified atom stereocenters. The van der Waals surface area contributed by atoms with E-state index in [0.29, 0.717) is 11.4 Å². The Morgan fingerprint density at radius 3 is 2.43 bits per heavy atom. The highest BCUT2D eigenvalue weighted by Gasteiger charge is 2.16. The highest BCUT2D eigenvalue weighted by molar-refractivity contribution is 6.05. The van der Waals surface area contributed by atoms with Gasteiger partial charge in [0.2, 0.25) is 0 Å². The highest BCUT2D eigenvalue weighted by atomic mass is 16.6. The molecule has 0 saturated heterocycles. The van der Waals surface area contributed by atoms with Gasteiger partial charge in [-0.05, 0) is 36.2 Å². The van der Waals surface area contributed by atoms with Crippen LogP contribution in [0.3, 0.4) is 0 Å². The molecular weight excluding hydrogens is 294 g/mol. The summed E-state index contributed by atoms with van der Waals surface area (Å²) in [6.45, 7) is 2.11. The standard InChI is InChI=1S/C17H19N3O3/c1-3-4-12-5-8-14(9-6-12)19-17(21)13-7-10-15(18-2)16(11-13)20(22)23/h5-11,18H,3-4H2,1-2H3,(H,19,21). The summed E-state index contributed by atoms with van der Waals surface area (Å²) in [5, 5.41) is 16.5. The molecule has 0 fully saturated rings. The predicted molar refractivity (Wildman–Crippen MR) is 91.0 cm³/mol. The zero-order valence-corrected chi connectivity index (χ0v) is 13.1. The topological polar surface area (TPSA) is 84.3 Å². The molecule has 0 aliphatic rings. The van der Waals surface area contributed by atoms with Gasteiger partial charge in [0, 0.05) is 24.4 Å². The molecule has 6 heteroatoms. The number of nitro benzene ring substituents is 1. The summed E-state index contributed by atoms with van der Waals surface area (Å²) < 4.78 is 0. The molecular formula is C17H19N3O3. The lowest BCUT2D eigenvalue weighted by Crippen LogP contribution is -2.12. The molecule has 0 atom stereocenters. The minimum absolute atomic E-state index is 0.126. The van der Waals surface area contributed by atoms with Gasteiger partial charge in [-0.15, -0.1) is 0 Å². The van der Waals surface area contributed by atoms with Crippen LogP contribution in [0.25, 0.3) is 0 Å². The molecule has 2 aromatic carbocycles. The Bertz CT molecular complexity index is 712. The molecule has 2 rings (SSSR count). The quantitative estimate of drug-likeness (QED) is 0.627. The predicted octanol–water partition coefficient (Wildman–Crippen LogP) is 3.84. The second-order valence-electron chi connectivity index (χ2n) is 5.14. The summed E-state index contributed by atoms with van der Waals surface area (Å²) in [6.07, 6.45) is 2.05. The molecule has 0 saturated carbocycles. The van der Waals surface area contributed by atoms with Gasteiger partial charge in [0.05, 0.1) is 4.92 Å². The maximum atomic E-state index is 12.2. The van der Waals surface area contributed by atoms with E-state index in [9.17, 15) is 14.9 Å². The van der Waals surface area contributed by atoms with Crippen molar-refractivity contribution in [2.45, 2.75) is 19.8 Å². The van der Waals surface area contributed by atoms with E-state index in [0.717, 1.165) is 12.8 Å². The van der Waals surface area contributed by atoms with Crippen LogP contribution < -0.4 is 10.6 Å². The van der Waals surface area contributed by atoms with E-state index in [1.807, 2.05) is 24.3 Å². The van der Waals surface area contributed by atoms with Crippen molar-refractivity contribution in [1.82, 2.24) is 0 Å². The van der Waals surface area contributed by atoms with E-state index in [1.54, 1.807) is 13.1 Å². The Labute approximate surface area is 134 Å². The first kappa shape index (κ1) is 16.5. The third-order valence-electron chi connectivity index (χ3n) is 3.48. The highest BCUT2D eigenvalue weighted by Crippen LogP contribution is 2.25. The fourth-order valence-corrected chi connectivity index (χ4v) is 2.28. The summed E-state index contributed by atoms with van der Waals surface area (Å²) in [6, 6.07) is 11.9. The maximum Gasteiger partial charge on any atom is 0.293 e. The van der Waals surface area contributed by atoms with Crippen molar-refractivity contribution in [2.75, 3.05) is 17.7 Å². The van der Waals surface area contributed by atoms with Gasteiger partial charge in [-0.3, -0.25) is 14.9 Å². The molecule has 0 spiro atoms. The molecule has 2 N–H and O–H groups in total. The van der Waals surface area contributed by atoms with Crippen LogP contribution in [0.4, 0.5) is 17.1 Å². The number of benzene rings is 2. The summed E-state index contributed by atoms with van der Waals surface area (Å²) >= 11 is 0. The monoisotopic (exact) mass is 313 g/mol. The number of nitrogens with zero attached hydrogens (tertiary/aromatic N) is 1.